The smallest absolute Gasteiger partial charge is 0.239 e. The lowest BCUT2D eigenvalue weighted by atomic mass is 10.1. The number of fused-ring (bicyclic) bond motifs is 1. The molecule has 0 atom stereocenters. The van der Waals surface area contributed by atoms with E-state index < -0.39 is 5.43 Å². The van der Waals surface area contributed by atoms with Crippen molar-refractivity contribution in [3.8, 4) is 51.6 Å². The van der Waals surface area contributed by atoms with Gasteiger partial charge in [0.1, 0.15) is 28.2 Å². The summed E-state index contributed by atoms with van der Waals surface area (Å²) in [6, 6.07) is 14.3. The average molecular weight is 691 g/mol. The SMILES string of the molecule is COc1cc(OC)c2c(=O)c(OCCCCSc3nnc(C)n3N=Cc3ccccc3OC)c(-c3cc(OC)c(OC)c(OC)c3)oc2c1. The van der Waals surface area contributed by atoms with Gasteiger partial charge in [-0.15, -0.1) is 10.2 Å². The van der Waals surface area contributed by atoms with Crippen molar-refractivity contribution in [1.29, 1.82) is 0 Å². The van der Waals surface area contributed by atoms with Crippen LogP contribution in [0.3, 0.4) is 0 Å². The minimum Gasteiger partial charge on any atom is -0.496 e. The van der Waals surface area contributed by atoms with Crippen LogP contribution in [0, 0.1) is 6.92 Å². The van der Waals surface area contributed by atoms with Crippen molar-refractivity contribution in [2.24, 2.45) is 5.10 Å². The normalized spacial score (nSPS) is 11.2. The Kier molecular flexibility index (Phi) is 11.5. The van der Waals surface area contributed by atoms with Gasteiger partial charge in [-0.3, -0.25) is 4.79 Å². The van der Waals surface area contributed by atoms with Gasteiger partial charge in [0.05, 0.1) is 55.5 Å². The van der Waals surface area contributed by atoms with Crippen LogP contribution in [0.5, 0.6) is 40.2 Å². The van der Waals surface area contributed by atoms with Crippen molar-refractivity contribution in [3.63, 3.8) is 0 Å². The van der Waals surface area contributed by atoms with Gasteiger partial charge >= 0.3 is 0 Å². The van der Waals surface area contributed by atoms with Crippen molar-refractivity contribution < 1.29 is 37.6 Å². The summed E-state index contributed by atoms with van der Waals surface area (Å²) in [6.45, 7) is 2.08. The van der Waals surface area contributed by atoms with E-state index in [0.29, 0.717) is 57.5 Å². The number of aromatic nitrogens is 3. The minimum absolute atomic E-state index is 0.0268. The summed E-state index contributed by atoms with van der Waals surface area (Å²) >= 11 is 1.52. The molecule has 0 amide bonds. The second-order valence-corrected chi connectivity index (χ2v) is 11.5. The van der Waals surface area contributed by atoms with Crippen LogP contribution in [-0.2, 0) is 0 Å². The third-order valence-corrected chi connectivity index (χ3v) is 8.51. The molecule has 0 bridgehead atoms. The highest BCUT2D eigenvalue weighted by Gasteiger charge is 2.24. The third kappa shape index (κ3) is 7.54. The first-order chi connectivity index (χ1) is 23.9. The van der Waals surface area contributed by atoms with Crippen molar-refractivity contribution in [2.75, 3.05) is 55.0 Å². The molecule has 5 aromatic rings. The Hall–Kier alpha value is -5.37. The van der Waals surface area contributed by atoms with E-state index in [1.807, 2.05) is 31.2 Å². The number of rotatable bonds is 16. The number of unbranched alkanes of at least 4 members (excludes halogenated alkanes) is 1. The van der Waals surface area contributed by atoms with E-state index in [9.17, 15) is 4.79 Å². The van der Waals surface area contributed by atoms with Crippen LogP contribution in [-0.4, -0.2) is 76.1 Å². The standard InChI is InChI=1S/C35H38N4O9S/c1-21-37-38-35(39(21)36-20-22-12-8-9-13-25(22)42-3)49-15-11-10-14-47-34-31(40)30-26(43-4)18-24(41-2)19-27(30)48-32(34)23-16-28(44-5)33(46-7)29(17-23)45-6/h8-9,12-13,16-20H,10-11,14-15H2,1-7H3. The molecule has 0 spiro atoms. The number of ether oxygens (including phenoxy) is 7. The number of benzene rings is 3. The summed E-state index contributed by atoms with van der Waals surface area (Å²) in [7, 11) is 9.16. The fourth-order valence-electron chi connectivity index (χ4n) is 5.05. The summed E-state index contributed by atoms with van der Waals surface area (Å²) in [5.74, 6) is 4.26. The van der Waals surface area contributed by atoms with E-state index in [0.717, 1.165) is 17.7 Å². The fourth-order valence-corrected chi connectivity index (χ4v) is 5.98. The molecule has 14 heteroatoms. The minimum atomic E-state index is -0.393. The molecule has 49 heavy (non-hydrogen) atoms. The number of hydrogen-bond acceptors (Lipinski definition) is 13. The summed E-state index contributed by atoms with van der Waals surface area (Å²) in [6.07, 6.45) is 3.11. The topological polar surface area (TPSA) is 138 Å². The monoisotopic (exact) mass is 690 g/mol. The Morgan fingerprint density at radius 3 is 2.20 bits per heavy atom. The largest absolute Gasteiger partial charge is 0.496 e. The first kappa shape index (κ1) is 35.0. The van der Waals surface area contributed by atoms with Gasteiger partial charge in [0.25, 0.3) is 0 Å². The molecule has 0 unspecified atom stereocenters. The van der Waals surface area contributed by atoms with Crippen LogP contribution in [0.15, 0.2) is 68.0 Å². The first-order valence-electron chi connectivity index (χ1n) is 15.3. The van der Waals surface area contributed by atoms with Gasteiger partial charge in [-0.25, -0.2) is 0 Å². The lowest BCUT2D eigenvalue weighted by Crippen LogP contribution is -2.12. The molecule has 0 radical (unpaired) electrons. The molecule has 0 N–H and O–H groups in total. The average Bonchev–Trinajstić information content (AvgIpc) is 3.49. The first-order valence-corrected chi connectivity index (χ1v) is 16.2. The zero-order valence-electron chi connectivity index (χ0n) is 28.4. The highest BCUT2D eigenvalue weighted by molar-refractivity contribution is 7.99. The number of para-hydroxylation sites is 1. The lowest BCUT2D eigenvalue weighted by Gasteiger charge is -2.17. The Morgan fingerprint density at radius 1 is 0.816 bits per heavy atom. The van der Waals surface area contributed by atoms with Crippen LogP contribution in [0.25, 0.3) is 22.3 Å². The summed E-state index contributed by atoms with van der Waals surface area (Å²) in [4.78, 5) is 14.0. The molecule has 0 fully saturated rings. The van der Waals surface area contributed by atoms with Gasteiger partial charge in [0.2, 0.25) is 22.1 Å². The van der Waals surface area contributed by atoms with Crippen LogP contribution >= 0.6 is 11.8 Å². The van der Waals surface area contributed by atoms with Crippen LogP contribution in [0.2, 0.25) is 0 Å². The van der Waals surface area contributed by atoms with Crippen molar-refractivity contribution in [2.45, 2.75) is 24.9 Å². The Bertz CT molecular complexity index is 1980. The Labute approximate surface area is 287 Å². The van der Waals surface area contributed by atoms with Gasteiger partial charge in [-0.2, -0.15) is 9.78 Å². The van der Waals surface area contributed by atoms with Gasteiger partial charge in [-0.05, 0) is 44.0 Å². The Morgan fingerprint density at radius 2 is 1.53 bits per heavy atom. The molecule has 0 saturated carbocycles. The molecule has 2 heterocycles. The molecule has 0 saturated heterocycles. The Balaban J connectivity index is 1.36. The molecule has 5 rings (SSSR count). The van der Waals surface area contributed by atoms with Crippen LogP contribution < -0.4 is 38.6 Å². The van der Waals surface area contributed by atoms with E-state index in [1.54, 1.807) is 42.3 Å². The number of thioether (sulfide) groups is 1. The molecule has 0 aliphatic carbocycles. The summed E-state index contributed by atoms with van der Waals surface area (Å²) in [5.41, 5.74) is 1.20. The highest BCUT2D eigenvalue weighted by atomic mass is 32.2. The molecule has 0 aliphatic heterocycles. The molecular formula is C35H38N4O9S. The summed E-state index contributed by atoms with van der Waals surface area (Å²) < 4.78 is 47.2. The van der Waals surface area contributed by atoms with Crippen molar-refractivity contribution in [1.82, 2.24) is 14.9 Å². The van der Waals surface area contributed by atoms with Gasteiger partial charge in [-0.1, -0.05) is 23.9 Å². The molecule has 0 aliphatic rings. The predicted octanol–water partition coefficient (Wildman–Crippen LogP) is 6.25. The van der Waals surface area contributed by atoms with Crippen molar-refractivity contribution in [3.05, 3.63) is 70.1 Å². The lowest BCUT2D eigenvalue weighted by molar-refractivity contribution is 0.301. The van der Waals surface area contributed by atoms with E-state index in [2.05, 4.69) is 15.3 Å². The highest BCUT2D eigenvalue weighted by Crippen LogP contribution is 2.44. The van der Waals surface area contributed by atoms with E-state index in [4.69, 9.17) is 37.6 Å². The fraction of sp³-hybridized carbons (Fsp3) is 0.314. The quantitative estimate of drug-likeness (QED) is 0.0658. The number of hydrogen-bond donors (Lipinski definition) is 0. The second-order valence-electron chi connectivity index (χ2n) is 10.4. The van der Waals surface area contributed by atoms with E-state index >= 15 is 0 Å². The van der Waals surface area contributed by atoms with E-state index in [1.165, 1.54) is 47.3 Å². The maximum absolute atomic E-state index is 14.0. The molecule has 2 aromatic heterocycles. The van der Waals surface area contributed by atoms with Crippen molar-refractivity contribution >= 4 is 28.9 Å². The maximum Gasteiger partial charge on any atom is 0.239 e. The number of methoxy groups -OCH3 is 6. The van der Waals surface area contributed by atoms with Gasteiger partial charge in [0.15, 0.2) is 23.1 Å². The predicted molar refractivity (Wildman–Crippen MR) is 187 cm³/mol. The van der Waals surface area contributed by atoms with Gasteiger partial charge in [0, 0.05) is 29.0 Å². The zero-order valence-corrected chi connectivity index (χ0v) is 29.2. The molecular weight excluding hydrogens is 652 g/mol. The van der Waals surface area contributed by atoms with Crippen LogP contribution in [0.4, 0.5) is 0 Å². The van der Waals surface area contributed by atoms with Gasteiger partial charge < -0.3 is 37.6 Å². The molecule has 3 aromatic carbocycles. The summed E-state index contributed by atoms with van der Waals surface area (Å²) in [5, 5.41) is 14.0. The zero-order chi connectivity index (χ0) is 34.9. The molecule has 13 nitrogen and oxygen atoms in total. The second kappa shape index (κ2) is 16.2. The maximum atomic E-state index is 14.0. The van der Waals surface area contributed by atoms with E-state index in [-0.39, 0.29) is 29.1 Å². The van der Waals surface area contributed by atoms with Crippen LogP contribution in [0.1, 0.15) is 24.2 Å². The molecule has 258 valence electrons. The number of aryl methyl sites for hydroxylation is 1. The third-order valence-electron chi connectivity index (χ3n) is 7.51. The number of nitrogens with zero attached hydrogens (tertiary/aromatic N) is 4.